The number of nitrogens with two attached hydrogens (primary N) is 2. The highest BCUT2D eigenvalue weighted by molar-refractivity contribution is 6.04. The third-order valence-electron chi connectivity index (χ3n) is 13.7. The van der Waals surface area contributed by atoms with Gasteiger partial charge < -0.3 is 51.4 Å². The fourth-order valence-electron chi connectivity index (χ4n) is 9.65. The number of rotatable bonds is 19. The summed E-state index contributed by atoms with van der Waals surface area (Å²) in [7, 11) is 1.54. The van der Waals surface area contributed by atoms with E-state index < -0.39 is 18.0 Å². The molecule has 0 radical (unpaired) electrons. The van der Waals surface area contributed by atoms with E-state index in [0.29, 0.717) is 86.1 Å². The summed E-state index contributed by atoms with van der Waals surface area (Å²) in [6.45, 7) is 8.51. The average Bonchev–Trinajstić information content (AvgIpc) is 3.55. The lowest BCUT2D eigenvalue weighted by molar-refractivity contribution is -0.127. The number of aliphatic imine (C=N–C) groups is 1. The van der Waals surface area contributed by atoms with Gasteiger partial charge in [-0.2, -0.15) is 0 Å². The van der Waals surface area contributed by atoms with E-state index in [0.717, 1.165) is 53.8 Å². The minimum atomic E-state index is -0.692. The maximum absolute atomic E-state index is 14.2. The second-order valence-electron chi connectivity index (χ2n) is 18.9. The number of methoxy groups -OCH3 is 1. The zero-order valence-electron chi connectivity index (χ0n) is 40.0. The fraction of sp³-hybridized carbons (Fsp3) is 0.434. The Kier molecular flexibility index (Phi) is 15.2. The minimum Gasteiger partial charge on any atom is -0.493 e. The highest BCUT2D eigenvalue weighted by atomic mass is 16.5. The van der Waals surface area contributed by atoms with Crippen LogP contribution in [-0.4, -0.2) is 97.1 Å². The molecule has 16 nitrogen and oxygen atoms in total. The zero-order valence-corrected chi connectivity index (χ0v) is 40.0. The van der Waals surface area contributed by atoms with Crippen molar-refractivity contribution in [3.8, 4) is 17.2 Å². The summed E-state index contributed by atoms with van der Waals surface area (Å²) in [6.07, 6.45) is 6.36. The molecule has 4 atom stereocenters. The van der Waals surface area contributed by atoms with Crippen molar-refractivity contribution in [2.24, 2.45) is 28.3 Å². The van der Waals surface area contributed by atoms with Gasteiger partial charge in [-0.15, -0.1) is 0 Å². The van der Waals surface area contributed by atoms with Crippen LogP contribution >= 0.6 is 0 Å². The first-order valence-corrected chi connectivity index (χ1v) is 24.1. The normalized spacial score (nSPS) is 17.6. The number of fused-ring (bicyclic) bond motifs is 6. The van der Waals surface area contributed by atoms with Crippen LogP contribution in [0.5, 0.6) is 17.2 Å². The Morgan fingerprint density at radius 2 is 1.55 bits per heavy atom. The van der Waals surface area contributed by atoms with Crippen LogP contribution in [0.2, 0.25) is 0 Å². The molecule has 0 bridgehead atoms. The lowest BCUT2D eigenvalue weighted by Crippen LogP contribution is -2.45. The number of urea groups is 1. The summed E-state index contributed by atoms with van der Waals surface area (Å²) in [5.41, 5.74) is 19.6. The van der Waals surface area contributed by atoms with E-state index >= 15 is 0 Å². The first-order valence-electron chi connectivity index (χ1n) is 24.1. The monoisotopic (exact) mass is 940 g/mol. The molecule has 4 aliphatic rings. The number of ketones is 1. The molecule has 4 aromatic rings. The van der Waals surface area contributed by atoms with Gasteiger partial charge in [0, 0.05) is 62.6 Å². The Morgan fingerprint density at radius 1 is 0.826 bits per heavy atom. The molecule has 16 heteroatoms. The Labute approximate surface area is 403 Å². The molecule has 0 fully saturated rings. The van der Waals surface area contributed by atoms with Crippen molar-refractivity contribution in [1.29, 1.82) is 0 Å². The number of hydrogen-bond acceptors (Lipinski definition) is 11. The third-order valence-corrected chi connectivity index (χ3v) is 13.7. The number of primary amides is 1. The summed E-state index contributed by atoms with van der Waals surface area (Å²) in [5, 5.41) is 9.05. The molecule has 0 unspecified atom stereocenters. The van der Waals surface area contributed by atoms with Crippen LogP contribution in [0.3, 0.4) is 0 Å². The molecule has 4 aliphatic heterocycles. The van der Waals surface area contributed by atoms with E-state index in [1.165, 1.54) is 11.1 Å². The molecule has 69 heavy (non-hydrogen) atoms. The maximum atomic E-state index is 14.2. The van der Waals surface area contributed by atoms with Gasteiger partial charge >= 0.3 is 6.03 Å². The van der Waals surface area contributed by atoms with E-state index in [9.17, 15) is 24.0 Å². The molecule has 364 valence electrons. The van der Waals surface area contributed by atoms with Crippen LogP contribution in [0.15, 0.2) is 71.7 Å². The van der Waals surface area contributed by atoms with Crippen LogP contribution in [0.4, 0.5) is 21.9 Å². The lowest BCUT2D eigenvalue weighted by atomic mass is 9.90. The van der Waals surface area contributed by atoms with E-state index in [1.807, 2.05) is 62.1 Å². The predicted molar refractivity (Wildman–Crippen MR) is 265 cm³/mol. The topological polar surface area (TPSA) is 220 Å². The summed E-state index contributed by atoms with van der Waals surface area (Å²) in [4.78, 5) is 74.3. The first-order chi connectivity index (χ1) is 33.3. The van der Waals surface area contributed by atoms with Gasteiger partial charge in [0.05, 0.1) is 61.0 Å². The van der Waals surface area contributed by atoms with E-state index in [-0.39, 0.29) is 54.5 Å². The van der Waals surface area contributed by atoms with Gasteiger partial charge in [0.15, 0.2) is 17.3 Å². The number of benzene rings is 4. The molecule has 0 spiro atoms. The number of unbranched alkanes of at least 4 members (excludes halogenated alkanes) is 2. The fourth-order valence-corrected chi connectivity index (χ4v) is 9.65. The van der Waals surface area contributed by atoms with Gasteiger partial charge in [0.1, 0.15) is 5.75 Å². The van der Waals surface area contributed by atoms with E-state index in [4.69, 9.17) is 30.7 Å². The molecule has 0 aliphatic carbocycles. The van der Waals surface area contributed by atoms with Gasteiger partial charge in [-0.25, -0.2) is 4.79 Å². The van der Waals surface area contributed by atoms with Crippen LogP contribution in [0, 0.1) is 18.8 Å². The third kappa shape index (κ3) is 11.2. The standard InChI is InChI=1S/C53H64N8O8/c1-31(2)49(54)45(62)23-35(13-10-16-56-53(55)66)50(63)59-38-15-14-34-22-40-28-58-44-26-48(47(67-4)24-42(44)52(65)61(40)30-37(34)20-38)69-18-9-5-8-17-68-46-25-43-41(19-32(46)3)51(64)60-29-36-12-7-6-11-33(36)21-39(60)27-57-43/h6-7,11-12,14-15,19-20,24-26,28,31,35,39-40,49,57H,5,8-10,13,16-18,21-23,27,29-30,54H2,1-4H3,(H,59,63)(H3,55,56,66)/t35-,39+,40+,49+/m1/s1. The van der Waals surface area contributed by atoms with Crippen LogP contribution < -0.4 is 41.6 Å². The van der Waals surface area contributed by atoms with Crippen molar-refractivity contribution < 1.29 is 38.2 Å². The number of amides is 5. The molecule has 0 saturated carbocycles. The Hall–Kier alpha value is -6.94. The average molecular weight is 941 g/mol. The first kappa shape index (κ1) is 48.5. The van der Waals surface area contributed by atoms with Crippen molar-refractivity contribution in [1.82, 2.24) is 15.1 Å². The van der Waals surface area contributed by atoms with Crippen molar-refractivity contribution in [2.75, 3.05) is 44.0 Å². The Bertz CT molecular complexity index is 2630. The van der Waals surface area contributed by atoms with Gasteiger partial charge in [-0.05, 0) is 110 Å². The summed E-state index contributed by atoms with van der Waals surface area (Å²) in [6, 6.07) is 19.8. The van der Waals surface area contributed by atoms with Crippen molar-refractivity contribution in [3.63, 3.8) is 0 Å². The number of nitrogens with zero attached hydrogens (tertiary/aromatic N) is 3. The number of carbonyl (C=O) groups is 5. The van der Waals surface area contributed by atoms with Gasteiger partial charge in [-0.1, -0.05) is 44.2 Å². The number of aryl methyl sites for hydroxylation is 1. The van der Waals surface area contributed by atoms with Crippen molar-refractivity contribution in [3.05, 3.63) is 106 Å². The Balaban J connectivity index is 0.837. The van der Waals surface area contributed by atoms with E-state index in [2.05, 4.69) is 34.1 Å². The lowest BCUT2D eigenvalue weighted by Gasteiger charge is -2.35. The highest BCUT2D eigenvalue weighted by Gasteiger charge is 2.36. The minimum absolute atomic E-state index is 0.0291. The molecule has 7 N–H and O–H groups in total. The molecular weight excluding hydrogens is 877 g/mol. The predicted octanol–water partition coefficient (Wildman–Crippen LogP) is 6.85. The number of hydrogen-bond donors (Lipinski definition) is 5. The van der Waals surface area contributed by atoms with Crippen LogP contribution in [0.25, 0.3) is 0 Å². The molecule has 8 rings (SSSR count). The number of carbonyl (C=O) groups excluding carboxylic acids is 5. The number of anilines is 2. The number of nitrogens with one attached hydrogen (secondary N) is 3. The van der Waals surface area contributed by atoms with Gasteiger partial charge in [0.2, 0.25) is 5.91 Å². The second kappa shape index (κ2) is 21.6. The summed E-state index contributed by atoms with van der Waals surface area (Å²) in [5.74, 6) is 0.270. The maximum Gasteiger partial charge on any atom is 0.312 e. The van der Waals surface area contributed by atoms with Gasteiger partial charge in [-0.3, -0.25) is 24.2 Å². The Morgan fingerprint density at radius 3 is 2.30 bits per heavy atom. The summed E-state index contributed by atoms with van der Waals surface area (Å²) >= 11 is 0. The molecule has 4 heterocycles. The molecule has 0 saturated heterocycles. The molecule has 4 aromatic carbocycles. The smallest absolute Gasteiger partial charge is 0.312 e. The van der Waals surface area contributed by atoms with Crippen LogP contribution in [-0.2, 0) is 35.5 Å². The van der Waals surface area contributed by atoms with Gasteiger partial charge in [0.25, 0.3) is 11.8 Å². The van der Waals surface area contributed by atoms with Crippen LogP contribution in [0.1, 0.15) is 101 Å². The van der Waals surface area contributed by atoms with E-state index in [1.54, 1.807) is 30.4 Å². The second-order valence-corrected chi connectivity index (χ2v) is 18.9. The number of ether oxygens (including phenoxy) is 3. The molecule has 0 aromatic heterocycles. The molecule has 5 amide bonds. The van der Waals surface area contributed by atoms with Crippen molar-refractivity contribution >= 4 is 52.8 Å². The highest BCUT2D eigenvalue weighted by Crippen LogP contribution is 2.39. The number of Topliss-reactive ketones (excluding diaryl/α,β-unsaturated/α-hetero) is 1. The van der Waals surface area contributed by atoms with Crippen molar-refractivity contribution in [2.45, 2.75) is 103 Å². The zero-order chi connectivity index (χ0) is 48.8. The summed E-state index contributed by atoms with van der Waals surface area (Å²) < 4.78 is 18.2. The molecular formula is C53H64N8O8. The quantitative estimate of drug-likeness (QED) is 0.0616. The largest absolute Gasteiger partial charge is 0.493 e. The SMILES string of the molecule is COc1cc2c(cc1OCCCCCOc1cc3c(cc1C)C(=O)N1Cc4ccccc4C[C@H]1CN3)N=C[C@@H]1Cc3ccc(NC(=O)[C@H](CCCNC(N)=O)CC(=O)[C@@H](N)C(C)C)cc3CN1C2=O.